The predicted molar refractivity (Wildman–Crippen MR) is 82.5 cm³/mol. The Bertz CT molecular complexity index is 960. The Morgan fingerprint density at radius 3 is 3.14 bits per heavy atom. The zero-order chi connectivity index (χ0) is 21.0. The molecule has 1 aliphatic rings. The van der Waals surface area contributed by atoms with E-state index in [2.05, 4.69) is 10.3 Å². The van der Waals surface area contributed by atoms with E-state index in [0.717, 1.165) is 0 Å². The Hall–Kier alpha value is -2.01. The van der Waals surface area contributed by atoms with Gasteiger partial charge in [-0.15, -0.1) is 0 Å². The fourth-order valence-corrected chi connectivity index (χ4v) is 2.05. The second-order valence-electron chi connectivity index (χ2n) is 5.12. The van der Waals surface area contributed by atoms with Crippen LogP contribution in [-0.2, 0) is 17.5 Å². The number of nitrogens with one attached hydrogen (secondary N) is 2. The molecule has 5 heteroatoms. The van der Waals surface area contributed by atoms with Crippen molar-refractivity contribution in [1.82, 2.24) is 15.2 Å². The van der Waals surface area contributed by atoms with Crippen LogP contribution in [0.1, 0.15) is 20.7 Å². The van der Waals surface area contributed by atoms with Crippen molar-refractivity contribution in [3.8, 4) is 0 Å². The van der Waals surface area contributed by atoms with Gasteiger partial charge in [-0.05, 0) is 50.1 Å². The summed E-state index contributed by atoms with van der Waals surface area (Å²) in [6.45, 7) is -0.302. The lowest BCUT2D eigenvalue weighted by atomic mass is 10.0. The molecule has 0 radical (unpaired) electrons. The first-order valence-corrected chi connectivity index (χ1v) is 6.57. The van der Waals surface area contributed by atoms with Crippen molar-refractivity contribution in [1.29, 1.82) is 0 Å². The van der Waals surface area contributed by atoms with Crippen molar-refractivity contribution in [2.24, 2.45) is 0 Å². The highest BCUT2D eigenvalue weighted by Gasteiger charge is 2.22. The van der Waals surface area contributed by atoms with Gasteiger partial charge in [0.05, 0.1) is 12.9 Å². The number of amides is 1. The standard InChI is InChI=1S/C16H21N3O2/c1-19(2)6-5-12-9-17-15-4-3-11(8-14(12)15)7-13-10-21-16(20)18-13/h3-4,8-9,13,17H,5-7,10H2,1-2H3,(H,18,20)/t13-/m0/s1/i3D,4D,5D2,8D,9D,13D. The zero-order valence-corrected chi connectivity index (χ0v) is 11.9. The molecule has 0 aliphatic carbocycles. The van der Waals surface area contributed by atoms with Crippen LogP contribution in [0.2, 0.25) is 0 Å². The van der Waals surface area contributed by atoms with Crippen LogP contribution in [0.5, 0.6) is 0 Å². The van der Waals surface area contributed by atoms with Crippen LogP contribution < -0.4 is 5.32 Å². The van der Waals surface area contributed by atoms with Crippen LogP contribution in [0, 0.1) is 0 Å². The normalized spacial score (nSPS) is 27.2. The number of aromatic nitrogens is 1. The molecule has 1 aromatic heterocycles. The van der Waals surface area contributed by atoms with E-state index < -0.39 is 18.5 Å². The van der Waals surface area contributed by atoms with Gasteiger partial charge in [-0.1, -0.05) is 6.04 Å². The third-order valence-electron chi connectivity index (χ3n) is 3.05. The maximum absolute atomic E-state index is 11.3. The van der Waals surface area contributed by atoms with E-state index in [1.807, 2.05) is 0 Å². The SMILES string of the molecule is [2H]c1[nH]c2c([2H])c([2H])c(C[C@@]3([2H])COC(=O)N3)c([2H])c2c1C([2H])([2H])CN(C)C. The van der Waals surface area contributed by atoms with Crippen LogP contribution in [0.15, 0.2) is 24.3 Å². The number of benzene rings is 1. The Labute approximate surface area is 134 Å². The highest BCUT2D eigenvalue weighted by atomic mass is 16.6. The minimum Gasteiger partial charge on any atom is -0.447 e. The molecule has 0 unspecified atom stereocenters. The Morgan fingerprint density at radius 1 is 1.57 bits per heavy atom. The molecule has 1 saturated heterocycles. The maximum Gasteiger partial charge on any atom is 0.407 e. The lowest BCUT2D eigenvalue weighted by Crippen LogP contribution is -2.28. The van der Waals surface area contributed by atoms with Gasteiger partial charge in [0.15, 0.2) is 0 Å². The predicted octanol–water partition coefficient (Wildman–Crippen LogP) is 1.92. The average molecular weight is 294 g/mol. The summed E-state index contributed by atoms with van der Waals surface area (Å²) in [6.07, 6.45) is -3.24. The third-order valence-corrected chi connectivity index (χ3v) is 3.05. The molecule has 1 aromatic carbocycles. The van der Waals surface area contributed by atoms with E-state index in [1.54, 1.807) is 19.0 Å². The molecular weight excluding hydrogens is 266 g/mol. The Balaban J connectivity index is 2.22. The second-order valence-corrected chi connectivity index (χ2v) is 5.12. The van der Waals surface area contributed by atoms with E-state index in [1.165, 1.54) is 0 Å². The number of nitrogens with zero attached hydrogens (tertiary/aromatic N) is 1. The summed E-state index contributed by atoms with van der Waals surface area (Å²) in [7, 11) is 3.38. The van der Waals surface area contributed by atoms with Gasteiger partial charge >= 0.3 is 6.09 Å². The van der Waals surface area contributed by atoms with Gasteiger partial charge in [-0.3, -0.25) is 0 Å². The summed E-state index contributed by atoms with van der Waals surface area (Å²) in [4.78, 5) is 15.6. The molecule has 2 heterocycles. The molecule has 0 spiro atoms. The summed E-state index contributed by atoms with van der Waals surface area (Å²) in [5, 5.41) is 2.39. The number of cyclic esters (lactones) is 1. The number of rotatable bonds is 5. The van der Waals surface area contributed by atoms with E-state index in [4.69, 9.17) is 14.3 Å². The first-order valence-electron chi connectivity index (χ1n) is 10.1. The molecule has 112 valence electrons. The molecule has 1 fully saturated rings. The van der Waals surface area contributed by atoms with Gasteiger partial charge in [0.1, 0.15) is 6.61 Å². The number of hydrogen-bond acceptors (Lipinski definition) is 3. The third kappa shape index (κ3) is 3.19. The highest BCUT2D eigenvalue weighted by molar-refractivity contribution is 5.84. The number of carbonyl (C=O) groups excluding carboxylic acids is 1. The van der Waals surface area contributed by atoms with Crippen molar-refractivity contribution in [2.45, 2.75) is 18.8 Å². The molecule has 0 saturated carbocycles. The van der Waals surface area contributed by atoms with E-state index in [0.29, 0.717) is 0 Å². The van der Waals surface area contributed by atoms with Crippen LogP contribution >= 0.6 is 0 Å². The van der Waals surface area contributed by atoms with Crippen molar-refractivity contribution in [3.05, 3.63) is 35.4 Å². The topological polar surface area (TPSA) is 57.4 Å². The fourth-order valence-electron chi connectivity index (χ4n) is 2.05. The summed E-state index contributed by atoms with van der Waals surface area (Å²) < 4.78 is 63.1. The summed E-state index contributed by atoms with van der Waals surface area (Å²) >= 11 is 0. The van der Waals surface area contributed by atoms with Gasteiger partial charge in [-0.2, -0.15) is 0 Å². The number of H-pyrrole nitrogens is 1. The highest BCUT2D eigenvalue weighted by Crippen LogP contribution is 2.21. The Morgan fingerprint density at radius 2 is 2.43 bits per heavy atom. The smallest absolute Gasteiger partial charge is 0.407 e. The summed E-state index contributed by atoms with van der Waals surface area (Å²) in [5.74, 6) is 0. The summed E-state index contributed by atoms with van der Waals surface area (Å²) in [6, 6.07) is -2.39. The monoisotopic (exact) mass is 294 g/mol. The van der Waals surface area contributed by atoms with Crippen LogP contribution in [0.3, 0.4) is 0 Å². The molecule has 21 heavy (non-hydrogen) atoms. The van der Waals surface area contributed by atoms with Crippen LogP contribution in [0.4, 0.5) is 4.79 Å². The number of aromatic amines is 1. The molecule has 1 amide bonds. The minimum atomic E-state index is -1.98. The van der Waals surface area contributed by atoms with Crippen LogP contribution in [-0.4, -0.2) is 49.2 Å². The maximum atomic E-state index is 11.3. The van der Waals surface area contributed by atoms with Crippen LogP contribution in [0.25, 0.3) is 10.9 Å². The molecule has 0 bridgehead atoms. The van der Waals surface area contributed by atoms with Gasteiger partial charge in [0, 0.05) is 26.4 Å². The van der Waals surface area contributed by atoms with E-state index >= 15 is 0 Å². The first-order chi connectivity index (χ1) is 12.9. The van der Waals surface area contributed by atoms with Gasteiger partial charge < -0.3 is 19.9 Å². The number of ether oxygens (including phenoxy) is 1. The molecule has 1 aliphatic heterocycles. The number of carbonyl (C=O) groups is 1. The lowest BCUT2D eigenvalue weighted by Gasteiger charge is -2.09. The molecular formula is C16H21N3O2. The fraction of sp³-hybridized carbons (Fsp3) is 0.438. The van der Waals surface area contributed by atoms with Crippen molar-refractivity contribution in [3.63, 3.8) is 0 Å². The van der Waals surface area contributed by atoms with Crippen molar-refractivity contribution >= 4 is 17.0 Å². The quantitative estimate of drug-likeness (QED) is 0.886. The minimum absolute atomic E-state index is 0.0270. The van der Waals surface area contributed by atoms with Crippen molar-refractivity contribution in [2.75, 3.05) is 27.2 Å². The van der Waals surface area contributed by atoms with Gasteiger partial charge in [0.2, 0.25) is 0 Å². The van der Waals surface area contributed by atoms with Gasteiger partial charge in [0.25, 0.3) is 0 Å². The molecule has 3 rings (SSSR count). The molecule has 1 atom stereocenters. The zero-order valence-electron chi connectivity index (χ0n) is 18.9. The second kappa shape index (κ2) is 5.77. The Kier molecular flexibility index (Phi) is 2.16. The van der Waals surface area contributed by atoms with E-state index in [9.17, 15) is 4.79 Å². The largest absolute Gasteiger partial charge is 0.447 e. The molecule has 2 aromatic rings. The number of alkyl carbamates (subject to hydrolysis) is 1. The summed E-state index contributed by atoms with van der Waals surface area (Å²) in [5.41, 5.74) is 0.0213. The average Bonchev–Trinajstić information content (AvgIpc) is 3.09. The number of fused-ring (bicyclic) bond motifs is 1. The van der Waals surface area contributed by atoms with Crippen molar-refractivity contribution < 1.29 is 19.1 Å². The van der Waals surface area contributed by atoms with E-state index in [-0.39, 0.29) is 65.9 Å². The molecule has 2 N–H and O–H groups in total. The number of hydrogen-bond donors (Lipinski definition) is 2. The molecule has 5 nitrogen and oxygen atoms in total. The number of likely N-dealkylation sites (N-methyl/N-ethyl adjacent to an activating group) is 1. The van der Waals surface area contributed by atoms with Gasteiger partial charge in [-0.25, -0.2) is 4.79 Å². The lowest BCUT2D eigenvalue weighted by molar-refractivity contribution is 0.177. The first kappa shape index (κ1) is 7.84.